The van der Waals surface area contributed by atoms with E-state index in [-0.39, 0.29) is 11.2 Å². The molecule has 0 radical (unpaired) electrons. The maximum atomic E-state index is 11.2. The maximum Gasteiger partial charge on any atom is 0.272 e. The number of aromatic nitrogens is 2. The van der Waals surface area contributed by atoms with Gasteiger partial charge in [-0.15, -0.1) is 0 Å². The second kappa shape index (κ2) is 2.91. The molecule has 2 rings (SSSR count). The third-order valence-electron chi connectivity index (χ3n) is 1.86. The molecule has 6 nitrogen and oxygen atoms in total. The number of rotatable bonds is 1. The van der Waals surface area contributed by atoms with Gasteiger partial charge < -0.3 is 0 Å². The Bertz CT molecular complexity index is 561. The van der Waals surface area contributed by atoms with Crippen molar-refractivity contribution in [1.82, 2.24) is 10.2 Å². The van der Waals surface area contributed by atoms with Crippen molar-refractivity contribution in [2.45, 2.75) is 0 Å². The topological polar surface area (TPSA) is 88.9 Å². The number of non-ortho nitro benzene ring substituents is 1. The van der Waals surface area contributed by atoms with Crippen molar-refractivity contribution in [2.24, 2.45) is 0 Å². The smallest absolute Gasteiger partial charge is 0.267 e. The minimum Gasteiger partial charge on any atom is -0.267 e. The standard InChI is InChI=1S/C8H5N3O3/c12-8-7-2-1-6(11(13)14)3-5(7)4-9-10-8/h1-4H,(H,10,12). The second-order valence-electron chi connectivity index (χ2n) is 2.73. The first-order chi connectivity index (χ1) is 6.68. The van der Waals surface area contributed by atoms with Crippen molar-refractivity contribution in [3.05, 3.63) is 44.9 Å². The molecule has 0 saturated carbocycles. The third-order valence-corrected chi connectivity index (χ3v) is 1.86. The van der Waals surface area contributed by atoms with Crippen LogP contribution in [0.25, 0.3) is 10.8 Å². The van der Waals surface area contributed by atoms with Crippen molar-refractivity contribution < 1.29 is 4.92 Å². The average Bonchev–Trinajstić information content (AvgIpc) is 2.17. The molecule has 0 bridgehead atoms. The van der Waals surface area contributed by atoms with Gasteiger partial charge in [0.1, 0.15) is 0 Å². The lowest BCUT2D eigenvalue weighted by Gasteiger charge is -1.94. The van der Waals surface area contributed by atoms with Gasteiger partial charge in [-0.2, -0.15) is 5.10 Å². The van der Waals surface area contributed by atoms with Crippen LogP contribution in [0.3, 0.4) is 0 Å². The van der Waals surface area contributed by atoms with Crippen molar-refractivity contribution in [1.29, 1.82) is 0 Å². The Morgan fingerprint density at radius 1 is 1.43 bits per heavy atom. The average molecular weight is 191 g/mol. The molecule has 0 unspecified atom stereocenters. The summed E-state index contributed by atoms with van der Waals surface area (Å²) in [5, 5.41) is 17.1. The Morgan fingerprint density at radius 2 is 2.21 bits per heavy atom. The predicted molar refractivity (Wildman–Crippen MR) is 49.0 cm³/mol. The van der Waals surface area contributed by atoms with E-state index in [0.29, 0.717) is 10.8 Å². The first-order valence-corrected chi connectivity index (χ1v) is 3.80. The Hall–Kier alpha value is -2.24. The van der Waals surface area contributed by atoms with Crippen molar-refractivity contribution in [3.63, 3.8) is 0 Å². The van der Waals surface area contributed by atoms with Gasteiger partial charge in [-0.1, -0.05) is 0 Å². The predicted octanol–water partition coefficient (Wildman–Crippen LogP) is 0.831. The van der Waals surface area contributed by atoms with Gasteiger partial charge in [-0.25, -0.2) is 5.10 Å². The lowest BCUT2D eigenvalue weighted by atomic mass is 10.2. The fourth-order valence-electron chi connectivity index (χ4n) is 1.20. The number of fused-ring (bicyclic) bond motifs is 1. The number of H-pyrrole nitrogens is 1. The molecular formula is C8H5N3O3. The summed E-state index contributed by atoms with van der Waals surface area (Å²) >= 11 is 0. The Labute approximate surface area is 77.3 Å². The van der Waals surface area contributed by atoms with E-state index in [9.17, 15) is 14.9 Å². The van der Waals surface area contributed by atoms with Crippen molar-refractivity contribution in [2.75, 3.05) is 0 Å². The van der Waals surface area contributed by atoms with E-state index >= 15 is 0 Å². The van der Waals surface area contributed by atoms with E-state index in [0.717, 1.165) is 0 Å². The molecule has 2 aromatic rings. The molecule has 0 amide bonds. The number of nitro benzene ring substituents is 1. The van der Waals surface area contributed by atoms with Crippen molar-refractivity contribution >= 4 is 16.5 Å². The van der Waals surface area contributed by atoms with Crippen LogP contribution in [0.15, 0.2) is 29.2 Å². The van der Waals surface area contributed by atoms with E-state index in [2.05, 4.69) is 10.2 Å². The second-order valence-corrected chi connectivity index (χ2v) is 2.73. The summed E-state index contributed by atoms with van der Waals surface area (Å²) in [7, 11) is 0. The molecule has 70 valence electrons. The summed E-state index contributed by atoms with van der Waals surface area (Å²) in [5.74, 6) is 0. The number of benzene rings is 1. The Kier molecular flexibility index (Phi) is 1.74. The number of nitro groups is 1. The molecule has 14 heavy (non-hydrogen) atoms. The molecule has 6 heteroatoms. The summed E-state index contributed by atoms with van der Waals surface area (Å²) in [6, 6.07) is 4.02. The summed E-state index contributed by atoms with van der Waals surface area (Å²) < 4.78 is 0. The van der Waals surface area contributed by atoms with Gasteiger partial charge in [-0.3, -0.25) is 14.9 Å². The molecule has 0 aliphatic rings. The number of aromatic amines is 1. The third kappa shape index (κ3) is 1.22. The van der Waals surface area contributed by atoms with Gasteiger partial charge in [0.15, 0.2) is 0 Å². The van der Waals surface area contributed by atoms with Crippen LogP contribution in [0.2, 0.25) is 0 Å². The molecule has 1 aromatic heterocycles. The molecule has 1 aromatic carbocycles. The summed E-state index contributed by atoms with van der Waals surface area (Å²) in [5.41, 5.74) is -0.401. The van der Waals surface area contributed by atoms with Crippen LogP contribution >= 0.6 is 0 Å². The van der Waals surface area contributed by atoms with Crippen LogP contribution < -0.4 is 5.56 Å². The van der Waals surface area contributed by atoms with E-state index < -0.39 is 4.92 Å². The SMILES string of the molecule is O=c1[nH]ncc2cc([N+](=O)[O-])ccc12. The zero-order valence-electron chi connectivity index (χ0n) is 6.93. The van der Waals surface area contributed by atoms with E-state index in [1.165, 1.54) is 24.4 Å². The van der Waals surface area contributed by atoms with Gasteiger partial charge in [0.2, 0.25) is 0 Å². The molecule has 0 aliphatic carbocycles. The first kappa shape index (κ1) is 8.36. The van der Waals surface area contributed by atoms with Gasteiger partial charge in [0.05, 0.1) is 16.5 Å². The summed E-state index contributed by atoms with van der Waals surface area (Å²) in [6.45, 7) is 0. The first-order valence-electron chi connectivity index (χ1n) is 3.80. The number of nitrogens with one attached hydrogen (secondary N) is 1. The van der Waals surface area contributed by atoms with E-state index in [1.54, 1.807) is 0 Å². The molecule has 1 heterocycles. The molecule has 0 spiro atoms. The van der Waals surface area contributed by atoms with Crippen molar-refractivity contribution in [3.8, 4) is 0 Å². The lowest BCUT2D eigenvalue weighted by molar-refractivity contribution is -0.384. The highest BCUT2D eigenvalue weighted by atomic mass is 16.6. The summed E-state index contributed by atoms with van der Waals surface area (Å²) in [6.07, 6.45) is 1.38. The van der Waals surface area contributed by atoms with Crippen LogP contribution in [0.1, 0.15) is 0 Å². The monoisotopic (exact) mass is 191 g/mol. The number of hydrogen-bond donors (Lipinski definition) is 1. The molecule has 0 saturated heterocycles. The van der Waals surface area contributed by atoms with Crippen LogP contribution in [0.5, 0.6) is 0 Å². The minimum absolute atomic E-state index is 0.0510. The Morgan fingerprint density at radius 3 is 2.93 bits per heavy atom. The largest absolute Gasteiger partial charge is 0.272 e. The van der Waals surface area contributed by atoms with Gasteiger partial charge in [-0.05, 0) is 6.07 Å². The van der Waals surface area contributed by atoms with E-state index in [4.69, 9.17) is 0 Å². The van der Waals surface area contributed by atoms with Gasteiger partial charge in [0.25, 0.3) is 11.2 Å². The van der Waals surface area contributed by atoms with Crippen LogP contribution in [0.4, 0.5) is 5.69 Å². The van der Waals surface area contributed by atoms with Gasteiger partial charge >= 0.3 is 0 Å². The molecule has 1 N–H and O–H groups in total. The highest BCUT2D eigenvalue weighted by molar-refractivity contribution is 5.82. The van der Waals surface area contributed by atoms with Crippen LogP contribution in [-0.4, -0.2) is 15.1 Å². The van der Waals surface area contributed by atoms with Crippen LogP contribution in [-0.2, 0) is 0 Å². The fraction of sp³-hybridized carbons (Fsp3) is 0. The number of hydrogen-bond acceptors (Lipinski definition) is 4. The van der Waals surface area contributed by atoms with Gasteiger partial charge in [0, 0.05) is 17.5 Å². The molecule has 0 atom stereocenters. The maximum absolute atomic E-state index is 11.2. The fourth-order valence-corrected chi connectivity index (χ4v) is 1.20. The lowest BCUT2D eigenvalue weighted by Crippen LogP contribution is -2.07. The summed E-state index contributed by atoms with van der Waals surface area (Å²) in [4.78, 5) is 21.1. The number of nitrogens with zero attached hydrogens (tertiary/aromatic N) is 2. The molecular weight excluding hydrogens is 186 g/mol. The minimum atomic E-state index is -0.513. The van der Waals surface area contributed by atoms with E-state index in [1.807, 2.05) is 0 Å². The zero-order chi connectivity index (χ0) is 10.1. The molecule has 0 fully saturated rings. The highest BCUT2D eigenvalue weighted by Gasteiger charge is 2.07. The Balaban J connectivity index is 2.80. The zero-order valence-corrected chi connectivity index (χ0v) is 6.93. The molecule has 0 aliphatic heterocycles. The normalized spacial score (nSPS) is 10.3. The quantitative estimate of drug-likeness (QED) is 0.534. The highest BCUT2D eigenvalue weighted by Crippen LogP contribution is 2.16. The van der Waals surface area contributed by atoms with Crippen LogP contribution in [0, 0.1) is 10.1 Å².